The van der Waals surface area contributed by atoms with E-state index in [9.17, 15) is 9.90 Å². The molecule has 0 saturated heterocycles. The number of aliphatic hydroxyl groups is 1. The minimum absolute atomic E-state index is 0.00599. The molecule has 1 aromatic rings. The Morgan fingerprint density at radius 2 is 2.38 bits per heavy atom. The molecule has 88 valence electrons. The molecule has 1 atom stereocenters. The largest absolute Gasteiger partial charge is 0.385 e. The number of hydrogen-bond acceptors (Lipinski definition) is 4. The summed E-state index contributed by atoms with van der Waals surface area (Å²) >= 11 is 0. The number of aliphatic hydroxyl groups excluding tert-OH is 1. The number of methoxy groups -OCH3 is 1. The minimum Gasteiger partial charge on any atom is -0.385 e. The maximum Gasteiger partial charge on any atom is 0.246 e. The van der Waals surface area contributed by atoms with Gasteiger partial charge in [0, 0.05) is 19.3 Å². The highest BCUT2D eigenvalue weighted by molar-refractivity contribution is 5.77. The van der Waals surface area contributed by atoms with Gasteiger partial charge >= 0.3 is 0 Å². The topological polar surface area (TPSA) is 71.5 Å². The number of amides is 1. The zero-order valence-electron chi connectivity index (χ0n) is 9.43. The quantitative estimate of drug-likeness (QED) is 0.748. The molecule has 0 radical (unpaired) electrons. The van der Waals surface area contributed by atoms with Crippen LogP contribution in [-0.2, 0) is 9.53 Å². The van der Waals surface area contributed by atoms with Crippen LogP contribution in [0.4, 0.5) is 0 Å². The number of nitrogens with zero attached hydrogens (tertiary/aromatic N) is 1. The Morgan fingerprint density at radius 1 is 1.62 bits per heavy atom. The Balaban J connectivity index is 2.46. The molecule has 1 unspecified atom stereocenters. The summed E-state index contributed by atoms with van der Waals surface area (Å²) in [6.45, 7) is 1.98. The number of carbonyl (C=O) groups excluding carboxylic acids is 1. The number of carbonyl (C=O) groups is 1. The number of nitrogens with one attached hydrogen (secondary N) is 1. The van der Waals surface area contributed by atoms with Gasteiger partial charge in [-0.3, -0.25) is 9.78 Å². The van der Waals surface area contributed by atoms with Crippen LogP contribution in [-0.4, -0.2) is 36.3 Å². The maximum atomic E-state index is 11.1. The van der Waals surface area contributed by atoms with E-state index in [1.165, 1.54) is 7.11 Å². The minimum atomic E-state index is -0.791. The number of aryl methyl sites for hydroxylation is 1. The summed E-state index contributed by atoms with van der Waals surface area (Å²) in [5.74, 6) is -0.255. The highest BCUT2D eigenvalue weighted by atomic mass is 16.5. The van der Waals surface area contributed by atoms with Crippen molar-refractivity contribution in [2.24, 2.45) is 0 Å². The molecule has 0 aliphatic carbocycles. The summed E-state index contributed by atoms with van der Waals surface area (Å²) in [7, 11) is 1.44. The van der Waals surface area contributed by atoms with E-state index in [1.54, 1.807) is 6.07 Å². The zero-order chi connectivity index (χ0) is 12.0. The predicted octanol–water partition coefficient (Wildman–Crippen LogP) is 0.186. The van der Waals surface area contributed by atoms with Crippen LogP contribution < -0.4 is 5.32 Å². The van der Waals surface area contributed by atoms with Crippen molar-refractivity contribution in [2.75, 3.05) is 20.3 Å². The molecule has 1 aromatic heterocycles. The fraction of sp³-hybridized carbons (Fsp3) is 0.455. The third kappa shape index (κ3) is 3.96. The van der Waals surface area contributed by atoms with Crippen LogP contribution in [0.5, 0.6) is 0 Å². The molecule has 0 aliphatic heterocycles. The Labute approximate surface area is 94.5 Å². The molecular formula is C11H16N2O3. The summed E-state index contributed by atoms with van der Waals surface area (Å²) in [6, 6.07) is 5.39. The third-order valence-electron chi connectivity index (χ3n) is 2.02. The van der Waals surface area contributed by atoms with Crippen molar-refractivity contribution in [3.63, 3.8) is 0 Å². The first kappa shape index (κ1) is 12.6. The lowest BCUT2D eigenvalue weighted by atomic mass is 10.2. The molecule has 0 spiro atoms. The van der Waals surface area contributed by atoms with Gasteiger partial charge in [0.15, 0.2) is 0 Å². The van der Waals surface area contributed by atoms with Gasteiger partial charge in [-0.15, -0.1) is 0 Å². The number of ether oxygens (including phenoxy) is 1. The molecule has 5 heteroatoms. The number of hydrogen-bond donors (Lipinski definition) is 2. The molecule has 0 aliphatic rings. The number of rotatable bonds is 5. The van der Waals surface area contributed by atoms with E-state index >= 15 is 0 Å². The number of pyridine rings is 1. The highest BCUT2D eigenvalue weighted by Gasteiger charge is 2.10. The summed E-state index contributed by atoms with van der Waals surface area (Å²) in [5, 5.41) is 12.3. The van der Waals surface area contributed by atoms with Crippen molar-refractivity contribution in [3.05, 3.63) is 29.6 Å². The summed E-state index contributed by atoms with van der Waals surface area (Å²) in [6.07, 6.45) is -0.791. The van der Waals surface area contributed by atoms with Crippen molar-refractivity contribution in [3.8, 4) is 0 Å². The van der Waals surface area contributed by atoms with Crippen LogP contribution >= 0.6 is 0 Å². The van der Waals surface area contributed by atoms with Crippen molar-refractivity contribution < 1.29 is 14.6 Å². The molecule has 0 aromatic carbocycles. The van der Waals surface area contributed by atoms with Crippen LogP contribution in [0.3, 0.4) is 0 Å². The monoisotopic (exact) mass is 224 g/mol. The molecule has 2 N–H and O–H groups in total. The Hall–Kier alpha value is -1.46. The molecule has 0 bridgehead atoms. The normalized spacial score (nSPS) is 12.2. The van der Waals surface area contributed by atoms with Gasteiger partial charge in [0.1, 0.15) is 12.7 Å². The highest BCUT2D eigenvalue weighted by Crippen LogP contribution is 2.08. The predicted molar refractivity (Wildman–Crippen MR) is 58.8 cm³/mol. The summed E-state index contributed by atoms with van der Waals surface area (Å²) < 4.78 is 4.65. The molecular weight excluding hydrogens is 208 g/mol. The Kier molecular flexibility index (Phi) is 4.88. The molecule has 1 rings (SSSR count). The van der Waals surface area contributed by atoms with Gasteiger partial charge in [-0.2, -0.15) is 0 Å². The third-order valence-corrected chi connectivity index (χ3v) is 2.02. The first-order valence-corrected chi connectivity index (χ1v) is 5.00. The first-order valence-electron chi connectivity index (χ1n) is 5.00. The van der Waals surface area contributed by atoms with Crippen LogP contribution in [0, 0.1) is 6.92 Å². The fourth-order valence-corrected chi connectivity index (χ4v) is 1.25. The van der Waals surface area contributed by atoms with Gasteiger partial charge in [0.25, 0.3) is 0 Å². The lowest BCUT2D eigenvalue weighted by molar-refractivity contribution is -0.125. The van der Waals surface area contributed by atoms with Gasteiger partial charge in [0.05, 0.1) is 5.69 Å². The first-order chi connectivity index (χ1) is 7.63. The van der Waals surface area contributed by atoms with E-state index in [0.29, 0.717) is 5.69 Å². The molecule has 16 heavy (non-hydrogen) atoms. The fourth-order valence-electron chi connectivity index (χ4n) is 1.25. The van der Waals surface area contributed by atoms with Crippen molar-refractivity contribution in [1.29, 1.82) is 0 Å². The van der Waals surface area contributed by atoms with Crippen molar-refractivity contribution >= 4 is 5.91 Å². The van der Waals surface area contributed by atoms with Gasteiger partial charge in [-0.25, -0.2) is 0 Å². The van der Waals surface area contributed by atoms with Gasteiger partial charge in [0.2, 0.25) is 5.91 Å². The summed E-state index contributed by atoms with van der Waals surface area (Å²) in [5.41, 5.74) is 1.39. The molecule has 1 heterocycles. The van der Waals surface area contributed by atoms with Gasteiger partial charge < -0.3 is 15.2 Å². The van der Waals surface area contributed by atoms with Crippen molar-refractivity contribution in [1.82, 2.24) is 10.3 Å². The van der Waals surface area contributed by atoms with E-state index in [1.807, 2.05) is 19.1 Å². The summed E-state index contributed by atoms with van der Waals surface area (Å²) in [4.78, 5) is 15.2. The van der Waals surface area contributed by atoms with Crippen LogP contribution in [0.25, 0.3) is 0 Å². The van der Waals surface area contributed by atoms with Crippen LogP contribution in [0.15, 0.2) is 18.2 Å². The smallest absolute Gasteiger partial charge is 0.246 e. The maximum absolute atomic E-state index is 11.1. The molecule has 5 nitrogen and oxygen atoms in total. The standard InChI is InChI=1S/C11H16N2O3/c1-8-4-3-5-9(13-8)10(14)6-12-11(15)7-16-2/h3-5,10,14H,6-7H2,1-2H3,(H,12,15). The average molecular weight is 224 g/mol. The van der Waals surface area contributed by atoms with E-state index in [2.05, 4.69) is 15.0 Å². The van der Waals surface area contributed by atoms with E-state index < -0.39 is 6.10 Å². The van der Waals surface area contributed by atoms with E-state index in [4.69, 9.17) is 0 Å². The van der Waals surface area contributed by atoms with Crippen molar-refractivity contribution in [2.45, 2.75) is 13.0 Å². The SMILES string of the molecule is COCC(=O)NCC(O)c1cccc(C)n1. The number of aromatic nitrogens is 1. The Morgan fingerprint density at radius 3 is 3.00 bits per heavy atom. The zero-order valence-corrected chi connectivity index (χ0v) is 9.43. The average Bonchev–Trinajstić information content (AvgIpc) is 2.26. The van der Waals surface area contributed by atoms with Crippen LogP contribution in [0.1, 0.15) is 17.5 Å². The lowest BCUT2D eigenvalue weighted by Crippen LogP contribution is -2.31. The van der Waals surface area contributed by atoms with Crippen LogP contribution in [0.2, 0.25) is 0 Å². The second-order valence-electron chi connectivity index (χ2n) is 3.46. The van der Waals surface area contributed by atoms with E-state index in [0.717, 1.165) is 5.69 Å². The van der Waals surface area contributed by atoms with E-state index in [-0.39, 0.29) is 19.1 Å². The second-order valence-corrected chi connectivity index (χ2v) is 3.46. The van der Waals surface area contributed by atoms with Gasteiger partial charge in [-0.1, -0.05) is 6.07 Å². The lowest BCUT2D eigenvalue weighted by Gasteiger charge is -2.11. The molecule has 0 saturated carbocycles. The molecule has 0 fully saturated rings. The second kappa shape index (κ2) is 6.19. The molecule has 1 amide bonds. The van der Waals surface area contributed by atoms with Gasteiger partial charge in [-0.05, 0) is 19.1 Å². The Bertz CT molecular complexity index is 355.